The molecule has 0 saturated carbocycles. The first kappa shape index (κ1) is 21.0. The zero-order chi connectivity index (χ0) is 19.2. The van der Waals surface area contributed by atoms with Gasteiger partial charge in [-0.25, -0.2) is 9.59 Å². The number of anilines is 1. The van der Waals surface area contributed by atoms with Crippen LogP contribution in [0.3, 0.4) is 0 Å². The summed E-state index contributed by atoms with van der Waals surface area (Å²) in [4.78, 5) is 35.7. The van der Waals surface area contributed by atoms with E-state index in [2.05, 4.69) is 31.9 Å². The van der Waals surface area contributed by atoms with Crippen LogP contribution in [0.2, 0.25) is 0 Å². The van der Waals surface area contributed by atoms with E-state index in [1.165, 1.54) is 13.8 Å². The van der Waals surface area contributed by atoms with Gasteiger partial charge in [0.15, 0.2) is 0 Å². The summed E-state index contributed by atoms with van der Waals surface area (Å²) in [5, 5.41) is 16.8. The number of amides is 3. The molecule has 0 fully saturated rings. The van der Waals surface area contributed by atoms with Gasteiger partial charge in [-0.05, 0) is 50.5 Å². The summed E-state index contributed by atoms with van der Waals surface area (Å²) in [7, 11) is 0. The van der Waals surface area contributed by atoms with Crippen LogP contribution in [0.5, 0.6) is 0 Å². The number of rotatable bonds is 7. The normalized spacial score (nSPS) is 12.4. The van der Waals surface area contributed by atoms with Crippen molar-refractivity contribution in [3.63, 3.8) is 0 Å². The van der Waals surface area contributed by atoms with Crippen molar-refractivity contribution in [1.82, 2.24) is 10.6 Å². The monoisotopic (exact) mass is 413 g/mol. The fraction of sp³-hybridized carbons (Fsp3) is 0.471. The van der Waals surface area contributed by atoms with Crippen LogP contribution in [-0.2, 0) is 9.59 Å². The number of halogens is 1. The van der Waals surface area contributed by atoms with Crippen LogP contribution in [0.1, 0.15) is 34.1 Å². The van der Waals surface area contributed by atoms with E-state index in [4.69, 9.17) is 5.11 Å². The van der Waals surface area contributed by atoms with Gasteiger partial charge in [0.2, 0.25) is 5.91 Å². The maximum atomic E-state index is 12.4. The van der Waals surface area contributed by atoms with Gasteiger partial charge in [-0.2, -0.15) is 0 Å². The van der Waals surface area contributed by atoms with Gasteiger partial charge < -0.3 is 21.1 Å². The second-order valence-corrected chi connectivity index (χ2v) is 7.62. The Morgan fingerprint density at radius 3 is 2.20 bits per heavy atom. The molecule has 4 N–H and O–H groups in total. The lowest BCUT2D eigenvalue weighted by Crippen LogP contribution is -2.57. The molecule has 1 rings (SSSR count). The van der Waals surface area contributed by atoms with E-state index in [-0.39, 0.29) is 5.92 Å². The van der Waals surface area contributed by atoms with Crippen molar-refractivity contribution in [2.24, 2.45) is 5.92 Å². The number of hydrogen-bond donors (Lipinski definition) is 4. The minimum absolute atomic E-state index is 0.136. The summed E-state index contributed by atoms with van der Waals surface area (Å²) in [6.45, 7) is 6.61. The second kappa shape index (κ2) is 8.84. The Hall–Kier alpha value is -2.09. The second-order valence-electron chi connectivity index (χ2n) is 6.71. The van der Waals surface area contributed by atoms with E-state index >= 15 is 0 Å². The molecule has 0 unspecified atom stereocenters. The number of carbonyl (C=O) groups is 3. The number of aliphatic carboxylic acids is 1. The van der Waals surface area contributed by atoms with Gasteiger partial charge in [0.05, 0.1) is 0 Å². The predicted octanol–water partition coefficient (Wildman–Crippen LogP) is 2.96. The molecule has 0 aromatic heterocycles. The quantitative estimate of drug-likeness (QED) is 0.550. The molecule has 8 heteroatoms. The fourth-order valence-corrected chi connectivity index (χ4v) is 2.27. The SMILES string of the molecule is CC(C)C[C@H](NC(=O)Nc1ccc(Br)cc1)C(=O)NC(C)(C)C(=O)O. The Balaban J connectivity index is 2.77. The summed E-state index contributed by atoms with van der Waals surface area (Å²) in [6, 6.07) is 5.63. The third-order valence-electron chi connectivity index (χ3n) is 3.40. The Labute approximate surface area is 155 Å². The summed E-state index contributed by atoms with van der Waals surface area (Å²) in [6.07, 6.45) is 0.384. The number of nitrogens with one attached hydrogen (secondary N) is 3. The molecule has 0 aliphatic heterocycles. The van der Waals surface area contributed by atoms with Crippen molar-refractivity contribution in [1.29, 1.82) is 0 Å². The van der Waals surface area contributed by atoms with Gasteiger partial charge in [-0.15, -0.1) is 0 Å². The molecule has 1 aromatic carbocycles. The molecular weight excluding hydrogens is 390 g/mol. The van der Waals surface area contributed by atoms with Crippen molar-refractivity contribution in [3.8, 4) is 0 Å². The lowest BCUT2D eigenvalue weighted by atomic mass is 10.0. The number of carboxylic acids is 1. The fourth-order valence-electron chi connectivity index (χ4n) is 2.01. The zero-order valence-corrected chi connectivity index (χ0v) is 16.3. The third kappa shape index (κ3) is 7.13. The van der Waals surface area contributed by atoms with Gasteiger partial charge in [-0.1, -0.05) is 29.8 Å². The van der Waals surface area contributed by atoms with Crippen LogP contribution >= 0.6 is 15.9 Å². The molecule has 0 bridgehead atoms. The van der Waals surface area contributed by atoms with Gasteiger partial charge in [0.1, 0.15) is 11.6 Å². The summed E-state index contributed by atoms with van der Waals surface area (Å²) in [5.74, 6) is -1.55. The molecule has 0 heterocycles. The molecular formula is C17H24BrN3O4. The van der Waals surface area contributed by atoms with Crippen molar-refractivity contribution in [2.45, 2.75) is 45.7 Å². The Morgan fingerprint density at radius 2 is 1.72 bits per heavy atom. The number of benzene rings is 1. The van der Waals surface area contributed by atoms with Crippen LogP contribution in [0.25, 0.3) is 0 Å². The molecule has 0 aliphatic carbocycles. The largest absolute Gasteiger partial charge is 0.480 e. The molecule has 3 amide bonds. The summed E-state index contributed by atoms with van der Waals surface area (Å²) >= 11 is 3.31. The average molecular weight is 414 g/mol. The van der Waals surface area contributed by atoms with Crippen molar-refractivity contribution < 1.29 is 19.5 Å². The standard InChI is InChI=1S/C17H24BrN3O4/c1-10(2)9-13(14(22)21-17(3,4)15(23)24)20-16(25)19-12-7-5-11(18)6-8-12/h5-8,10,13H,9H2,1-4H3,(H,21,22)(H,23,24)(H2,19,20,25)/t13-/m0/s1. The van der Waals surface area contributed by atoms with Crippen LogP contribution in [0.15, 0.2) is 28.7 Å². The van der Waals surface area contributed by atoms with Crippen molar-refractivity contribution in [2.75, 3.05) is 5.32 Å². The Kier molecular flexibility index (Phi) is 7.41. The van der Waals surface area contributed by atoms with E-state index in [9.17, 15) is 14.4 Å². The van der Waals surface area contributed by atoms with Crippen LogP contribution in [0, 0.1) is 5.92 Å². The average Bonchev–Trinajstić information content (AvgIpc) is 2.47. The highest BCUT2D eigenvalue weighted by Crippen LogP contribution is 2.14. The van der Waals surface area contributed by atoms with Gasteiger partial charge in [-0.3, -0.25) is 4.79 Å². The number of carbonyl (C=O) groups excluding carboxylic acids is 2. The minimum atomic E-state index is -1.42. The molecule has 138 valence electrons. The van der Waals surface area contributed by atoms with Crippen LogP contribution in [-0.4, -0.2) is 34.6 Å². The van der Waals surface area contributed by atoms with E-state index in [0.717, 1.165) is 4.47 Å². The van der Waals surface area contributed by atoms with E-state index in [1.807, 2.05) is 13.8 Å². The summed E-state index contributed by atoms with van der Waals surface area (Å²) < 4.78 is 0.881. The van der Waals surface area contributed by atoms with E-state index in [1.54, 1.807) is 24.3 Å². The third-order valence-corrected chi connectivity index (χ3v) is 3.93. The molecule has 0 spiro atoms. The molecule has 25 heavy (non-hydrogen) atoms. The van der Waals surface area contributed by atoms with Gasteiger partial charge >= 0.3 is 12.0 Å². The van der Waals surface area contributed by atoms with E-state index < -0.39 is 29.5 Å². The molecule has 0 saturated heterocycles. The number of urea groups is 1. The highest BCUT2D eigenvalue weighted by atomic mass is 79.9. The van der Waals surface area contributed by atoms with Crippen molar-refractivity contribution in [3.05, 3.63) is 28.7 Å². The first-order chi connectivity index (χ1) is 11.5. The molecule has 1 atom stereocenters. The first-order valence-corrected chi connectivity index (χ1v) is 8.69. The first-order valence-electron chi connectivity index (χ1n) is 7.89. The van der Waals surface area contributed by atoms with Crippen LogP contribution in [0.4, 0.5) is 10.5 Å². The molecule has 7 nitrogen and oxygen atoms in total. The van der Waals surface area contributed by atoms with Gasteiger partial charge in [0.25, 0.3) is 0 Å². The molecule has 1 aromatic rings. The molecule has 0 radical (unpaired) electrons. The van der Waals surface area contributed by atoms with E-state index in [0.29, 0.717) is 12.1 Å². The lowest BCUT2D eigenvalue weighted by Gasteiger charge is -2.26. The predicted molar refractivity (Wildman–Crippen MR) is 99.4 cm³/mol. The maximum absolute atomic E-state index is 12.4. The lowest BCUT2D eigenvalue weighted by molar-refractivity contribution is -0.146. The zero-order valence-electron chi connectivity index (χ0n) is 14.7. The van der Waals surface area contributed by atoms with Crippen molar-refractivity contribution >= 4 is 39.5 Å². The Bertz CT molecular complexity index is 629. The number of carboxylic acid groups (broad SMARTS) is 1. The van der Waals surface area contributed by atoms with Gasteiger partial charge in [0, 0.05) is 10.2 Å². The smallest absolute Gasteiger partial charge is 0.328 e. The Morgan fingerprint density at radius 1 is 1.16 bits per heavy atom. The maximum Gasteiger partial charge on any atom is 0.328 e. The number of hydrogen-bond acceptors (Lipinski definition) is 3. The highest BCUT2D eigenvalue weighted by molar-refractivity contribution is 9.10. The summed E-state index contributed by atoms with van der Waals surface area (Å²) in [5.41, 5.74) is -0.842. The topological polar surface area (TPSA) is 108 Å². The minimum Gasteiger partial charge on any atom is -0.480 e. The van der Waals surface area contributed by atoms with Crippen LogP contribution < -0.4 is 16.0 Å². The molecule has 0 aliphatic rings. The highest BCUT2D eigenvalue weighted by Gasteiger charge is 2.32.